The zero-order chi connectivity index (χ0) is 17.2. The van der Waals surface area contributed by atoms with E-state index in [1.807, 2.05) is 0 Å². The third kappa shape index (κ3) is 3.59. The predicted octanol–water partition coefficient (Wildman–Crippen LogP) is 2.74. The summed E-state index contributed by atoms with van der Waals surface area (Å²) in [6, 6.07) is 4.91. The molecule has 1 fully saturated rings. The summed E-state index contributed by atoms with van der Waals surface area (Å²) in [6.07, 6.45) is 1.37. The number of halogens is 2. The smallest absolute Gasteiger partial charge is 0.152 e. The van der Waals surface area contributed by atoms with Gasteiger partial charge in [-0.05, 0) is 43.7 Å². The number of rotatable bonds is 3. The molecule has 3 rings (SSSR count). The van der Waals surface area contributed by atoms with Gasteiger partial charge in [0.15, 0.2) is 6.17 Å². The maximum absolute atomic E-state index is 14.7. The second kappa shape index (κ2) is 7.15. The van der Waals surface area contributed by atoms with Crippen molar-refractivity contribution in [2.45, 2.75) is 37.9 Å². The molecule has 1 aromatic carbocycles. The average Bonchev–Trinajstić information content (AvgIpc) is 2.69. The van der Waals surface area contributed by atoms with E-state index in [1.54, 1.807) is 19.1 Å². The van der Waals surface area contributed by atoms with Crippen molar-refractivity contribution in [1.29, 1.82) is 0 Å². The summed E-state index contributed by atoms with van der Waals surface area (Å²) in [5.74, 6) is 0.235. The number of nitrogens with zero attached hydrogens (tertiary/aromatic N) is 1. The van der Waals surface area contributed by atoms with E-state index in [4.69, 9.17) is 15.2 Å². The third-order valence-corrected chi connectivity index (χ3v) is 4.94. The number of hydrogen-bond acceptors (Lipinski definition) is 4. The number of aliphatic imine (C=N–C) groups is 1. The van der Waals surface area contributed by atoms with Crippen LogP contribution in [-0.2, 0) is 21.4 Å². The van der Waals surface area contributed by atoms with Crippen LogP contribution in [0.1, 0.15) is 30.9 Å². The van der Waals surface area contributed by atoms with Crippen molar-refractivity contribution >= 4 is 5.84 Å². The second-order valence-corrected chi connectivity index (χ2v) is 6.81. The Morgan fingerprint density at radius 3 is 2.79 bits per heavy atom. The SMILES string of the molecule is C[C@]1(c2cc(CC3CCOCC3)ccc2F)N=C(N)COC[C@@H]1F. The summed E-state index contributed by atoms with van der Waals surface area (Å²) < 4.78 is 39.7. The summed E-state index contributed by atoms with van der Waals surface area (Å²) in [5.41, 5.74) is 5.64. The monoisotopic (exact) mass is 338 g/mol. The van der Waals surface area contributed by atoms with Crippen molar-refractivity contribution in [3.05, 3.63) is 35.1 Å². The van der Waals surface area contributed by atoms with E-state index in [2.05, 4.69) is 4.99 Å². The number of ether oxygens (including phenoxy) is 2. The number of hydrogen-bond donors (Lipinski definition) is 1. The molecule has 4 nitrogen and oxygen atoms in total. The molecule has 2 N–H and O–H groups in total. The van der Waals surface area contributed by atoms with Crippen molar-refractivity contribution < 1.29 is 18.3 Å². The van der Waals surface area contributed by atoms with Gasteiger partial charge in [0.1, 0.15) is 23.8 Å². The third-order valence-electron chi connectivity index (χ3n) is 4.94. The van der Waals surface area contributed by atoms with Crippen LogP contribution in [0.4, 0.5) is 8.78 Å². The first-order chi connectivity index (χ1) is 11.5. The minimum atomic E-state index is -1.45. The van der Waals surface area contributed by atoms with Crippen LogP contribution in [0.5, 0.6) is 0 Å². The molecule has 24 heavy (non-hydrogen) atoms. The first-order valence-corrected chi connectivity index (χ1v) is 8.41. The van der Waals surface area contributed by atoms with Crippen LogP contribution in [0.25, 0.3) is 0 Å². The van der Waals surface area contributed by atoms with Crippen molar-refractivity contribution in [2.75, 3.05) is 26.4 Å². The minimum absolute atomic E-state index is 0.0688. The Bertz CT molecular complexity index is 617. The van der Waals surface area contributed by atoms with Gasteiger partial charge in [0.25, 0.3) is 0 Å². The highest BCUT2D eigenvalue weighted by Gasteiger charge is 2.40. The number of benzene rings is 1. The maximum atomic E-state index is 14.7. The van der Waals surface area contributed by atoms with Gasteiger partial charge >= 0.3 is 0 Å². The van der Waals surface area contributed by atoms with Crippen LogP contribution in [0.2, 0.25) is 0 Å². The Kier molecular flexibility index (Phi) is 5.15. The van der Waals surface area contributed by atoms with Gasteiger partial charge in [-0.25, -0.2) is 8.78 Å². The van der Waals surface area contributed by atoms with Crippen LogP contribution in [0.15, 0.2) is 23.2 Å². The molecule has 2 aliphatic rings. The molecule has 2 heterocycles. The Balaban J connectivity index is 1.91. The Hall–Kier alpha value is -1.53. The van der Waals surface area contributed by atoms with E-state index in [0.717, 1.165) is 38.0 Å². The molecule has 0 amide bonds. The van der Waals surface area contributed by atoms with Crippen LogP contribution >= 0.6 is 0 Å². The normalized spacial score (nSPS) is 29.1. The topological polar surface area (TPSA) is 56.8 Å². The summed E-state index contributed by atoms with van der Waals surface area (Å²) in [4.78, 5) is 4.24. The molecular formula is C18H24F2N2O2. The van der Waals surface area contributed by atoms with Gasteiger partial charge in [0.2, 0.25) is 0 Å². The molecule has 2 atom stereocenters. The van der Waals surface area contributed by atoms with Crippen LogP contribution in [0, 0.1) is 11.7 Å². The van der Waals surface area contributed by atoms with Crippen molar-refractivity contribution in [3.63, 3.8) is 0 Å². The molecule has 0 bridgehead atoms. The van der Waals surface area contributed by atoms with Crippen molar-refractivity contribution in [3.8, 4) is 0 Å². The fraction of sp³-hybridized carbons (Fsp3) is 0.611. The number of alkyl halides is 1. The molecular weight excluding hydrogens is 314 g/mol. The predicted molar refractivity (Wildman–Crippen MR) is 88.3 cm³/mol. The quantitative estimate of drug-likeness (QED) is 0.922. The van der Waals surface area contributed by atoms with E-state index in [-0.39, 0.29) is 24.6 Å². The second-order valence-electron chi connectivity index (χ2n) is 6.81. The van der Waals surface area contributed by atoms with E-state index in [9.17, 15) is 8.78 Å². The summed E-state index contributed by atoms with van der Waals surface area (Å²) in [6.45, 7) is 3.03. The van der Waals surface area contributed by atoms with E-state index < -0.39 is 17.5 Å². The average molecular weight is 338 g/mol. The molecule has 2 aliphatic heterocycles. The van der Waals surface area contributed by atoms with Gasteiger partial charge in [0, 0.05) is 18.8 Å². The number of amidine groups is 1. The lowest BCUT2D eigenvalue weighted by Crippen LogP contribution is -2.36. The Morgan fingerprint density at radius 2 is 2.04 bits per heavy atom. The van der Waals surface area contributed by atoms with E-state index in [0.29, 0.717) is 5.92 Å². The summed E-state index contributed by atoms with van der Waals surface area (Å²) in [7, 11) is 0. The van der Waals surface area contributed by atoms with Crippen LogP contribution < -0.4 is 5.73 Å². The molecule has 1 aromatic rings. The minimum Gasteiger partial charge on any atom is -0.386 e. The van der Waals surface area contributed by atoms with Gasteiger partial charge in [-0.2, -0.15) is 0 Å². The van der Waals surface area contributed by atoms with Crippen molar-refractivity contribution in [1.82, 2.24) is 0 Å². The molecule has 1 saturated heterocycles. The van der Waals surface area contributed by atoms with Crippen molar-refractivity contribution in [2.24, 2.45) is 16.6 Å². The summed E-state index contributed by atoms with van der Waals surface area (Å²) in [5, 5.41) is 0. The van der Waals surface area contributed by atoms with Gasteiger partial charge in [0.05, 0.1) is 6.61 Å². The van der Waals surface area contributed by atoms with Crippen LogP contribution in [0.3, 0.4) is 0 Å². The van der Waals surface area contributed by atoms with E-state index in [1.165, 1.54) is 6.07 Å². The molecule has 0 aliphatic carbocycles. The standard InChI is InChI=1S/C18H24F2N2O2/c1-18(16(20)10-24-11-17(21)22-18)14-9-13(2-3-15(14)19)8-12-4-6-23-7-5-12/h2-3,9,12,16H,4-8,10-11H2,1H3,(H2,21,22)/t16-,18+/m0/s1. The largest absolute Gasteiger partial charge is 0.386 e. The molecule has 0 aromatic heterocycles. The fourth-order valence-electron chi connectivity index (χ4n) is 3.43. The lowest BCUT2D eigenvalue weighted by atomic mass is 9.84. The zero-order valence-corrected chi connectivity index (χ0v) is 13.9. The first kappa shape index (κ1) is 17.3. The van der Waals surface area contributed by atoms with Gasteiger partial charge in [-0.1, -0.05) is 12.1 Å². The van der Waals surface area contributed by atoms with Gasteiger partial charge in [-0.15, -0.1) is 0 Å². The first-order valence-electron chi connectivity index (χ1n) is 8.41. The molecule has 0 unspecified atom stereocenters. The number of nitrogens with two attached hydrogens (primary N) is 1. The van der Waals surface area contributed by atoms with Gasteiger partial charge < -0.3 is 15.2 Å². The fourth-order valence-corrected chi connectivity index (χ4v) is 3.43. The maximum Gasteiger partial charge on any atom is 0.152 e. The highest BCUT2D eigenvalue weighted by Crippen LogP contribution is 2.36. The Morgan fingerprint density at radius 1 is 1.29 bits per heavy atom. The highest BCUT2D eigenvalue weighted by atomic mass is 19.1. The molecule has 0 saturated carbocycles. The zero-order valence-electron chi connectivity index (χ0n) is 13.9. The van der Waals surface area contributed by atoms with E-state index >= 15 is 0 Å². The lowest BCUT2D eigenvalue weighted by molar-refractivity contribution is 0.0664. The summed E-state index contributed by atoms with van der Waals surface area (Å²) >= 11 is 0. The highest BCUT2D eigenvalue weighted by molar-refractivity contribution is 5.82. The lowest BCUT2D eigenvalue weighted by Gasteiger charge is -2.29. The molecule has 0 spiro atoms. The van der Waals surface area contributed by atoms with Gasteiger partial charge in [-0.3, -0.25) is 4.99 Å². The molecule has 0 radical (unpaired) electrons. The molecule has 6 heteroatoms. The molecule has 132 valence electrons. The Labute approximate surface area is 141 Å². The van der Waals surface area contributed by atoms with Crippen LogP contribution in [-0.4, -0.2) is 38.4 Å².